The molecule has 0 bridgehead atoms. The van der Waals surface area contributed by atoms with Crippen LogP contribution >= 0.6 is 7.82 Å². The number of nitrogens with zero attached hydrogens (tertiary/aromatic N) is 1. The van der Waals surface area contributed by atoms with Gasteiger partial charge in [0.2, 0.25) is 0 Å². The zero-order valence-electron chi connectivity index (χ0n) is 39.0. The van der Waals surface area contributed by atoms with E-state index in [2.05, 4.69) is 74.6 Å². The lowest BCUT2D eigenvalue weighted by molar-refractivity contribution is -0.870. The number of ether oxygens (including phenoxy) is 2. The largest absolute Gasteiger partial charge is 0.472 e. The highest BCUT2D eigenvalue weighted by atomic mass is 31.2. The van der Waals surface area contributed by atoms with Crippen LogP contribution in [0.15, 0.2) is 60.8 Å². The molecule has 0 heterocycles. The maximum Gasteiger partial charge on any atom is 0.472 e. The first-order valence-corrected chi connectivity index (χ1v) is 25.5. The van der Waals surface area contributed by atoms with Gasteiger partial charge < -0.3 is 18.9 Å². The smallest absolute Gasteiger partial charge is 0.457 e. The molecule has 0 aliphatic heterocycles. The highest BCUT2D eigenvalue weighted by molar-refractivity contribution is 7.47. The van der Waals surface area contributed by atoms with E-state index in [1.165, 1.54) is 96.3 Å². The molecule has 344 valence electrons. The first-order chi connectivity index (χ1) is 28.6. The Hall–Kier alpha value is -1.80. The Morgan fingerprint density at radius 1 is 0.542 bits per heavy atom. The molecule has 0 rings (SSSR count). The molecule has 0 amide bonds. The van der Waals surface area contributed by atoms with Crippen molar-refractivity contribution in [3.8, 4) is 0 Å². The van der Waals surface area contributed by atoms with E-state index in [9.17, 15) is 14.3 Å². The lowest BCUT2D eigenvalue weighted by Gasteiger charge is -2.24. The number of likely N-dealkylation sites (N-methyl/N-ethyl adjacent to an activating group) is 1. The van der Waals surface area contributed by atoms with Crippen LogP contribution in [0.2, 0.25) is 0 Å². The first-order valence-electron chi connectivity index (χ1n) is 24.0. The molecule has 0 aromatic carbocycles. The summed E-state index contributed by atoms with van der Waals surface area (Å²) < 4.78 is 35.1. The fourth-order valence-corrected chi connectivity index (χ4v) is 7.10. The van der Waals surface area contributed by atoms with Crippen molar-refractivity contribution in [3.05, 3.63) is 60.8 Å². The van der Waals surface area contributed by atoms with Crippen molar-refractivity contribution in [3.63, 3.8) is 0 Å². The highest BCUT2D eigenvalue weighted by Crippen LogP contribution is 2.43. The van der Waals surface area contributed by atoms with Crippen molar-refractivity contribution in [1.82, 2.24) is 0 Å². The second-order valence-corrected chi connectivity index (χ2v) is 18.6. The second-order valence-electron chi connectivity index (χ2n) is 17.1. The molecule has 0 saturated carbocycles. The number of quaternary nitrogens is 1. The number of carbonyl (C=O) groups is 1. The fourth-order valence-electron chi connectivity index (χ4n) is 6.36. The van der Waals surface area contributed by atoms with Crippen molar-refractivity contribution in [2.24, 2.45) is 0 Å². The lowest BCUT2D eigenvalue weighted by Crippen LogP contribution is -2.37. The third-order valence-electron chi connectivity index (χ3n) is 10.1. The molecule has 0 aliphatic rings. The molecular formula is C50H93NO7P+. The van der Waals surface area contributed by atoms with E-state index >= 15 is 0 Å². The fraction of sp³-hybridized carbons (Fsp3) is 0.780. The number of phosphoric ester groups is 1. The van der Waals surface area contributed by atoms with E-state index in [0.29, 0.717) is 24.1 Å². The summed E-state index contributed by atoms with van der Waals surface area (Å²) >= 11 is 0. The zero-order chi connectivity index (χ0) is 43.4. The minimum atomic E-state index is -4.29. The van der Waals surface area contributed by atoms with Gasteiger partial charge in [-0.05, 0) is 77.0 Å². The average Bonchev–Trinajstić information content (AvgIpc) is 3.19. The Balaban J connectivity index is 4.18. The van der Waals surface area contributed by atoms with Crippen LogP contribution in [0.4, 0.5) is 0 Å². The minimum absolute atomic E-state index is 0.0820. The third kappa shape index (κ3) is 47.1. The molecular weight excluding hydrogens is 758 g/mol. The van der Waals surface area contributed by atoms with E-state index in [0.717, 1.165) is 77.0 Å². The van der Waals surface area contributed by atoms with Gasteiger partial charge in [0.25, 0.3) is 0 Å². The van der Waals surface area contributed by atoms with Crippen LogP contribution in [0.3, 0.4) is 0 Å². The van der Waals surface area contributed by atoms with Gasteiger partial charge in [0.05, 0.1) is 34.4 Å². The summed E-state index contributed by atoms with van der Waals surface area (Å²) in [4.78, 5) is 22.9. The van der Waals surface area contributed by atoms with Gasteiger partial charge in [0.15, 0.2) is 0 Å². The molecule has 0 aromatic heterocycles. The van der Waals surface area contributed by atoms with Crippen molar-refractivity contribution in [2.75, 3.05) is 54.1 Å². The van der Waals surface area contributed by atoms with E-state index in [4.69, 9.17) is 18.5 Å². The van der Waals surface area contributed by atoms with Gasteiger partial charge in [0.1, 0.15) is 19.3 Å². The topological polar surface area (TPSA) is 91.3 Å². The number of esters is 1. The molecule has 9 heteroatoms. The standard InChI is InChI=1S/C50H92NO7P/c1-6-8-10-12-14-16-18-20-22-23-24-25-26-27-28-30-32-34-36-38-40-42-45-55-47-49(48-57-59(53,54)56-46-44-51(3,4)5)58-50(52)43-41-39-37-35-33-31-29-21-19-17-15-13-11-9-7-2/h9,11,15,17-18,20-21,23-24,29,49H,6-8,10,12-14,16,19,22,25-28,30-48H2,1-5H3/p+1/b11-9-,17-15-,20-18-,24-23-,29-21-. The van der Waals surface area contributed by atoms with Crippen LogP contribution in [0.25, 0.3) is 0 Å². The molecule has 2 atom stereocenters. The Bertz CT molecular complexity index is 1130. The number of hydrogen-bond acceptors (Lipinski definition) is 6. The summed E-state index contributed by atoms with van der Waals surface area (Å²) in [6.45, 7) is 5.47. The predicted molar refractivity (Wildman–Crippen MR) is 252 cm³/mol. The molecule has 8 nitrogen and oxygen atoms in total. The van der Waals surface area contributed by atoms with Crippen LogP contribution in [0.5, 0.6) is 0 Å². The Kier molecular flexibility index (Phi) is 41.6. The molecule has 0 spiro atoms. The minimum Gasteiger partial charge on any atom is -0.457 e. The van der Waals surface area contributed by atoms with Gasteiger partial charge in [-0.1, -0.05) is 171 Å². The van der Waals surface area contributed by atoms with E-state index in [1.54, 1.807) is 0 Å². The SMILES string of the molecule is CC/C=C\C/C=C\C/C=C\CCCCCCCC(=O)OC(COCCCCCCCCCCCC/C=C\C/C=C\CCCCCCC)COP(=O)(O)OCC[N+](C)(C)C. The lowest BCUT2D eigenvalue weighted by atomic mass is 10.1. The maximum absolute atomic E-state index is 12.7. The summed E-state index contributed by atoms with van der Waals surface area (Å²) in [7, 11) is 1.65. The molecule has 2 unspecified atom stereocenters. The van der Waals surface area contributed by atoms with Crippen molar-refractivity contribution in [2.45, 2.75) is 200 Å². The van der Waals surface area contributed by atoms with Gasteiger partial charge in [-0.15, -0.1) is 0 Å². The van der Waals surface area contributed by atoms with Crippen LogP contribution < -0.4 is 0 Å². The van der Waals surface area contributed by atoms with E-state index < -0.39 is 13.9 Å². The summed E-state index contributed by atoms with van der Waals surface area (Å²) in [6, 6.07) is 0. The highest BCUT2D eigenvalue weighted by Gasteiger charge is 2.26. The van der Waals surface area contributed by atoms with Crippen molar-refractivity contribution < 1.29 is 37.3 Å². The number of unbranched alkanes of at least 4 members (excludes halogenated alkanes) is 20. The third-order valence-corrected chi connectivity index (χ3v) is 11.0. The second kappa shape index (κ2) is 42.9. The molecule has 0 aromatic rings. The first kappa shape index (κ1) is 57.2. The van der Waals surface area contributed by atoms with Gasteiger partial charge in [-0.25, -0.2) is 4.57 Å². The van der Waals surface area contributed by atoms with E-state index in [-0.39, 0.29) is 25.8 Å². The molecule has 0 aliphatic carbocycles. The normalized spacial score (nSPS) is 14.2. The number of hydrogen-bond donors (Lipinski definition) is 1. The Morgan fingerprint density at radius 3 is 1.47 bits per heavy atom. The molecule has 1 N–H and O–H groups in total. The maximum atomic E-state index is 12.7. The van der Waals surface area contributed by atoms with Gasteiger partial charge in [-0.2, -0.15) is 0 Å². The molecule has 0 saturated heterocycles. The zero-order valence-corrected chi connectivity index (χ0v) is 39.9. The quantitative estimate of drug-likeness (QED) is 0.0215. The van der Waals surface area contributed by atoms with E-state index in [1.807, 2.05) is 21.1 Å². The number of phosphoric acid groups is 1. The van der Waals surface area contributed by atoms with Crippen LogP contribution in [0, 0.1) is 0 Å². The number of rotatable bonds is 44. The van der Waals surface area contributed by atoms with Crippen molar-refractivity contribution in [1.29, 1.82) is 0 Å². The summed E-state index contributed by atoms with van der Waals surface area (Å²) in [6.07, 6.45) is 54.0. The predicted octanol–water partition coefficient (Wildman–Crippen LogP) is 14.5. The monoisotopic (exact) mass is 851 g/mol. The van der Waals surface area contributed by atoms with Crippen LogP contribution in [0.1, 0.15) is 194 Å². The Morgan fingerprint density at radius 2 is 0.983 bits per heavy atom. The van der Waals surface area contributed by atoms with Gasteiger partial charge in [-0.3, -0.25) is 13.8 Å². The molecule has 0 fully saturated rings. The molecule has 0 radical (unpaired) electrons. The summed E-state index contributed by atoms with van der Waals surface area (Å²) in [5.74, 6) is -0.332. The molecule has 59 heavy (non-hydrogen) atoms. The van der Waals surface area contributed by atoms with Gasteiger partial charge in [0, 0.05) is 13.0 Å². The number of allylic oxidation sites excluding steroid dienone is 10. The van der Waals surface area contributed by atoms with Crippen LogP contribution in [-0.2, 0) is 27.9 Å². The van der Waals surface area contributed by atoms with Crippen molar-refractivity contribution >= 4 is 13.8 Å². The average molecular weight is 851 g/mol. The van der Waals surface area contributed by atoms with Crippen LogP contribution in [-0.4, -0.2) is 75.6 Å². The summed E-state index contributed by atoms with van der Waals surface area (Å²) in [5.41, 5.74) is 0. The Labute approximate surface area is 364 Å². The van der Waals surface area contributed by atoms with Gasteiger partial charge >= 0.3 is 13.8 Å². The number of carbonyl (C=O) groups excluding carboxylic acids is 1. The summed E-state index contributed by atoms with van der Waals surface area (Å²) in [5, 5.41) is 0.